The molecule has 1 N–H and O–H groups in total. The molecule has 0 aromatic heterocycles. The van der Waals surface area contributed by atoms with Crippen LogP contribution in [0.15, 0.2) is 0 Å². The van der Waals surface area contributed by atoms with E-state index in [0.29, 0.717) is 5.92 Å². The molecule has 1 heterocycles. The highest BCUT2D eigenvalue weighted by Crippen LogP contribution is 2.41. The Morgan fingerprint density at radius 3 is 2.74 bits per heavy atom. The average Bonchev–Trinajstić information content (AvgIpc) is 3.21. The van der Waals surface area contributed by atoms with Crippen molar-refractivity contribution in [3.63, 3.8) is 0 Å². The van der Waals surface area contributed by atoms with E-state index >= 15 is 0 Å². The van der Waals surface area contributed by atoms with Gasteiger partial charge in [0.05, 0.1) is 19.3 Å². The minimum Gasteiger partial charge on any atom is -0.378 e. The summed E-state index contributed by atoms with van der Waals surface area (Å²) in [5, 5.41) is 13.3. The molecule has 1 unspecified atom stereocenters. The van der Waals surface area contributed by atoms with Gasteiger partial charge in [0, 0.05) is 18.6 Å². The molecule has 0 radical (unpaired) electrons. The molecule has 1 aliphatic carbocycles. The van der Waals surface area contributed by atoms with Crippen LogP contribution in [0.4, 0.5) is 0 Å². The summed E-state index contributed by atoms with van der Waals surface area (Å²) in [6.07, 6.45) is 3.45. The van der Waals surface area contributed by atoms with E-state index in [0.717, 1.165) is 39.3 Å². The van der Waals surface area contributed by atoms with Crippen molar-refractivity contribution < 1.29 is 4.74 Å². The van der Waals surface area contributed by atoms with Crippen molar-refractivity contribution in [3.8, 4) is 6.07 Å². The van der Waals surface area contributed by atoms with Crippen molar-refractivity contribution in [2.75, 3.05) is 32.8 Å². The third kappa shape index (κ3) is 3.28. The Morgan fingerprint density at radius 2 is 2.21 bits per heavy atom. The standard InChI is InChI=1S/C15H27N3O/c1-4-7-17-15(10-16,13-5-6-13)11-18-8-9-19-12-14(18,2)3/h13,17H,4-9,11-12H2,1-3H3. The van der Waals surface area contributed by atoms with Crippen LogP contribution in [0.3, 0.4) is 0 Å². The zero-order valence-electron chi connectivity index (χ0n) is 12.5. The lowest BCUT2D eigenvalue weighted by molar-refractivity contribution is -0.0597. The van der Waals surface area contributed by atoms with Gasteiger partial charge in [-0.15, -0.1) is 0 Å². The fraction of sp³-hybridized carbons (Fsp3) is 0.933. The topological polar surface area (TPSA) is 48.3 Å². The zero-order valence-corrected chi connectivity index (χ0v) is 12.5. The first kappa shape index (κ1) is 14.8. The highest BCUT2D eigenvalue weighted by molar-refractivity contribution is 5.17. The molecular formula is C15H27N3O. The molecular weight excluding hydrogens is 238 g/mol. The number of morpholine rings is 1. The molecule has 0 amide bonds. The van der Waals surface area contributed by atoms with Crippen LogP contribution in [0.5, 0.6) is 0 Å². The molecule has 19 heavy (non-hydrogen) atoms. The van der Waals surface area contributed by atoms with Crippen molar-refractivity contribution >= 4 is 0 Å². The first-order valence-electron chi connectivity index (χ1n) is 7.53. The summed E-state index contributed by atoms with van der Waals surface area (Å²) in [6.45, 7) is 10.8. The van der Waals surface area contributed by atoms with Crippen LogP contribution < -0.4 is 5.32 Å². The quantitative estimate of drug-likeness (QED) is 0.795. The molecule has 2 rings (SSSR count). The minimum atomic E-state index is -0.357. The second-order valence-corrected chi connectivity index (χ2v) is 6.57. The lowest BCUT2D eigenvalue weighted by atomic mass is 9.90. The van der Waals surface area contributed by atoms with Crippen molar-refractivity contribution in [2.24, 2.45) is 5.92 Å². The predicted molar refractivity (Wildman–Crippen MR) is 75.8 cm³/mol. The molecule has 0 aromatic rings. The smallest absolute Gasteiger partial charge is 0.122 e. The van der Waals surface area contributed by atoms with Gasteiger partial charge < -0.3 is 4.74 Å². The second kappa shape index (κ2) is 5.78. The van der Waals surface area contributed by atoms with Gasteiger partial charge in [0.25, 0.3) is 0 Å². The maximum absolute atomic E-state index is 9.74. The fourth-order valence-corrected chi connectivity index (χ4v) is 2.90. The Kier molecular flexibility index (Phi) is 4.50. The Morgan fingerprint density at radius 1 is 1.47 bits per heavy atom. The molecule has 108 valence electrons. The summed E-state index contributed by atoms with van der Waals surface area (Å²) in [5.41, 5.74) is -0.326. The number of hydrogen-bond donors (Lipinski definition) is 1. The normalized spacial score (nSPS) is 26.6. The number of hydrogen-bond acceptors (Lipinski definition) is 4. The van der Waals surface area contributed by atoms with Crippen molar-refractivity contribution in [1.82, 2.24) is 10.2 Å². The summed E-state index contributed by atoms with van der Waals surface area (Å²) in [4.78, 5) is 2.43. The summed E-state index contributed by atoms with van der Waals surface area (Å²) in [6, 6.07) is 2.60. The third-order valence-corrected chi connectivity index (χ3v) is 4.42. The Hall–Kier alpha value is -0.630. The molecule has 0 spiro atoms. The number of ether oxygens (including phenoxy) is 1. The maximum Gasteiger partial charge on any atom is 0.122 e. The maximum atomic E-state index is 9.74. The van der Waals surface area contributed by atoms with E-state index in [-0.39, 0.29) is 11.1 Å². The fourth-order valence-electron chi connectivity index (χ4n) is 2.90. The van der Waals surface area contributed by atoms with Gasteiger partial charge in [-0.2, -0.15) is 5.26 Å². The molecule has 2 fully saturated rings. The Bertz CT molecular complexity index is 346. The summed E-state index contributed by atoms with van der Waals surface area (Å²) >= 11 is 0. The number of nitrogens with zero attached hydrogens (tertiary/aromatic N) is 2. The van der Waals surface area contributed by atoms with Gasteiger partial charge in [-0.1, -0.05) is 6.92 Å². The van der Waals surface area contributed by atoms with E-state index in [9.17, 15) is 5.26 Å². The molecule has 1 aliphatic heterocycles. The van der Waals surface area contributed by atoms with Crippen molar-refractivity contribution in [3.05, 3.63) is 0 Å². The van der Waals surface area contributed by atoms with Gasteiger partial charge in [-0.25, -0.2) is 0 Å². The Balaban J connectivity index is 2.08. The van der Waals surface area contributed by atoms with Crippen molar-refractivity contribution in [1.29, 1.82) is 5.26 Å². The number of rotatable bonds is 6. The lowest BCUT2D eigenvalue weighted by Crippen LogP contribution is -2.62. The lowest BCUT2D eigenvalue weighted by Gasteiger charge is -2.46. The first-order valence-corrected chi connectivity index (χ1v) is 7.53. The van der Waals surface area contributed by atoms with Gasteiger partial charge in [-0.3, -0.25) is 10.2 Å². The third-order valence-electron chi connectivity index (χ3n) is 4.42. The van der Waals surface area contributed by atoms with Gasteiger partial charge in [0.1, 0.15) is 5.54 Å². The molecule has 0 aromatic carbocycles. The van der Waals surface area contributed by atoms with Crippen LogP contribution in [-0.2, 0) is 4.74 Å². The van der Waals surface area contributed by atoms with Crippen LogP contribution in [0, 0.1) is 17.2 Å². The van der Waals surface area contributed by atoms with E-state index in [1.165, 1.54) is 12.8 Å². The number of nitrogens with one attached hydrogen (secondary N) is 1. The van der Waals surface area contributed by atoms with Gasteiger partial charge in [0.15, 0.2) is 0 Å². The zero-order chi connectivity index (χ0) is 13.9. The molecule has 1 saturated carbocycles. The monoisotopic (exact) mass is 265 g/mol. The minimum absolute atomic E-state index is 0.0309. The Labute approximate surface area is 117 Å². The molecule has 4 nitrogen and oxygen atoms in total. The highest BCUT2D eigenvalue weighted by Gasteiger charge is 2.48. The highest BCUT2D eigenvalue weighted by atomic mass is 16.5. The predicted octanol–water partition coefficient (Wildman–Crippen LogP) is 1.77. The largest absolute Gasteiger partial charge is 0.378 e. The van der Waals surface area contributed by atoms with Crippen LogP contribution in [0.1, 0.15) is 40.0 Å². The van der Waals surface area contributed by atoms with Crippen LogP contribution >= 0.6 is 0 Å². The summed E-state index contributed by atoms with van der Waals surface area (Å²) < 4.78 is 5.58. The van der Waals surface area contributed by atoms with E-state index < -0.39 is 0 Å². The van der Waals surface area contributed by atoms with E-state index in [1.807, 2.05) is 0 Å². The average molecular weight is 265 g/mol. The van der Waals surface area contributed by atoms with E-state index in [1.54, 1.807) is 0 Å². The first-order chi connectivity index (χ1) is 9.04. The van der Waals surface area contributed by atoms with Crippen molar-refractivity contribution in [2.45, 2.75) is 51.1 Å². The summed E-state index contributed by atoms with van der Waals surface area (Å²) in [5.74, 6) is 0.530. The molecule has 4 heteroatoms. The molecule has 0 bridgehead atoms. The van der Waals surface area contributed by atoms with Crippen LogP contribution in [0.25, 0.3) is 0 Å². The van der Waals surface area contributed by atoms with E-state index in [4.69, 9.17) is 4.74 Å². The van der Waals surface area contributed by atoms with Gasteiger partial charge >= 0.3 is 0 Å². The number of nitriles is 1. The van der Waals surface area contributed by atoms with E-state index in [2.05, 4.69) is 37.1 Å². The SMILES string of the molecule is CCCNC(C#N)(CN1CCOCC1(C)C)C1CC1. The second-order valence-electron chi connectivity index (χ2n) is 6.57. The van der Waals surface area contributed by atoms with Gasteiger partial charge in [-0.05, 0) is 45.6 Å². The summed E-state index contributed by atoms with van der Waals surface area (Å²) in [7, 11) is 0. The van der Waals surface area contributed by atoms with Crippen LogP contribution in [-0.4, -0.2) is 48.8 Å². The molecule has 1 atom stereocenters. The molecule has 2 aliphatic rings. The van der Waals surface area contributed by atoms with Gasteiger partial charge in [0.2, 0.25) is 0 Å². The molecule has 1 saturated heterocycles. The van der Waals surface area contributed by atoms with Crippen LogP contribution in [0.2, 0.25) is 0 Å².